The van der Waals surface area contributed by atoms with E-state index in [-0.39, 0.29) is 0 Å². The summed E-state index contributed by atoms with van der Waals surface area (Å²) in [5.41, 5.74) is 16.3. The lowest BCUT2D eigenvalue weighted by Gasteiger charge is -2.40. The molecule has 0 atom stereocenters. The summed E-state index contributed by atoms with van der Waals surface area (Å²) in [7, 11) is 0. The van der Waals surface area contributed by atoms with Crippen molar-refractivity contribution in [2.24, 2.45) is 0 Å². The Morgan fingerprint density at radius 2 is 1.09 bits per heavy atom. The highest BCUT2D eigenvalue weighted by Crippen LogP contribution is 2.63. The highest BCUT2D eigenvalue weighted by Gasteiger charge is 2.51. The fraction of sp³-hybridized carbons (Fsp3) is 0.0370. The summed E-state index contributed by atoms with van der Waals surface area (Å²) in [4.78, 5) is 10.6. The lowest BCUT2D eigenvalue weighted by molar-refractivity contribution is 0.438. The van der Waals surface area contributed by atoms with Crippen LogP contribution in [0.4, 0.5) is 0 Å². The van der Waals surface area contributed by atoms with Crippen LogP contribution in [0, 0.1) is 0 Å². The average molecular weight is 727 g/mol. The van der Waals surface area contributed by atoms with Crippen molar-refractivity contribution in [3.8, 4) is 67.7 Å². The van der Waals surface area contributed by atoms with Gasteiger partial charge in [0.25, 0.3) is 0 Å². The maximum atomic E-state index is 7.10. The van der Waals surface area contributed by atoms with Crippen LogP contribution in [0.15, 0.2) is 188 Å². The molecule has 8 aromatic carbocycles. The molecular weight excluding hydrogens is 693 g/mol. The minimum atomic E-state index is -0.546. The van der Waals surface area contributed by atoms with Gasteiger partial charge in [-0.05, 0) is 80.4 Å². The molecule has 1 aliphatic heterocycles. The van der Waals surface area contributed by atoms with Crippen molar-refractivity contribution in [2.75, 3.05) is 0 Å². The predicted octanol–water partition coefficient (Wildman–Crippen LogP) is 13.3. The van der Waals surface area contributed by atoms with Gasteiger partial charge in [0.15, 0.2) is 5.82 Å². The molecule has 0 saturated carbocycles. The minimum absolute atomic E-state index is 0.546. The zero-order valence-electron chi connectivity index (χ0n) is 31.0. The highest BCUT2D eigenvalue weighted by atomic mass is 16.5. The number of hydrogen-bond acceptors (Lipinski definition) is 3. The van der Waals surface area contributed by atoms with Crippen LogP contribution in [0.25, 0.3) is 73.0 Å². The summed E-state index contributed by atoms with van der Waals surface area (Å²) in [6.07, 6.45) is 5.46. The third-order valence-electron chi connectivity index (χ3n) is 12.2. The van der Waals surface area contributed by atoms with Gasteiger partial charge in [-0.15, -0.1) is 0 Å². The smallest absolute Gasteiger partial charge is 0.160 e. The number of fused-ring (bicyclic) bond motifs is 9. The molecule has 2 aliphatic carbocycles. The lowest BCUT2D eigenvalue weighted by atomic mass is 9.65. The number of allylic oxidation sites excluding steroid dienone is 1. The zero-order valence-corrected chi connectivity index (χ0v) is 31.0. The van der Waals surface area contributed by atoms with Crippen LogP contribution in [-0.4, -0.2) is 9.97 Å². The second kappa shape index (κ2) is 12.3. The Balaban J connectivity index is 1.10. The first kappa shape index (κ1) is 31.9. The average Bonchev–Trinajstić information content (AvgIpc) is 3.57. The fourth-order valence-electron chi connectivity index (χ4n) is 9.78. The quantitative estimate of drug-likeness (QED) is 0.181. The number of para-hydroxylation sites is 2. The van der Waals surface area contributed by atoms with Crippen LogP contribution >= 0.6 is 0 Å². The molecule has 57 heavy (non-hydrogen) atoms. The van der Waals surface area contributed by atoms with E-state index < -0.39 is 5.41 Å². The van der Waals surface area contributed by atoms with Crippen LogP contribution in [-0.2, 0) is 11.8 Å². The molecule has 3 nitrogen and oxygen atoms in total. The Morgan fingerprint density at radius 1 is 0.456 bits per heavy atom. The lowest BCUT2D eigenvalue weighted by Crippen LogP contribution is -2.32. The van der Waals surface area contributed by atoms with Crippen molar-refractivity contribution in [1.29, 1.82) is 0 Å². The van der Waals surface area contributed by atoms with Gasteiger partial charge in [0.05, 0.1) is 16.8 Å². The number of rotatable bonds is 4. The largest absolute Gasteiger partial charge is 0.456 e. The molecule has 1 spiro atoms. The topological polar surface area (TPSA) is 35.0 Å². The highest BCUT2D eigenvalue weighted by molar-refractivity contribution is 5.99. The Kier molecular flexibility index (Phi) is 6.91. The monoisotopic (exact) mass is 726 g/mol. The van der Waals surface area contributed by atoms with E-state index in [0.717, 1.165) is 68.3 Å². The first-order chi connectivity index (χ1) is 28.3. The molecule has 266 valence electrons. The van der Waals surface area contributed by atoms with Gasteiger partial charge in [-0.25, -0.2) is 9.97 Å². The van der Waals surface area contributed by atoms with Crippen molar-refractivity contribution in [3.05, 3.63) is 221 Å². The first-order valence-corrected chi connectivity index (χ1v) is 19.6. The third kappa shape index (κ3) is 4.66. The van der Waals surface area contributed by atoms with E-state index in [1.807, 2.05) is 18.2 Å². The molecule has 0 fully saturated rings. The standard InChI is InChI=1S/C54H34N2O/c1-2-15-35(16-3-1)53-55-48(38-31-36-19-12-17-34-18-13-20-37(32-38)51(34)36)33-49(56-53)42-24-5-4-21-39(42)43-25-14-29-47-52(43)57-50-30-11-10-28-46(50)54(47)44-26-8-6-22-40(44)41-23-7-9-27-45(41)54/h1-17,19-33H,18H2. The van der Waals surface area contributed by atoms with Gasteiger partial charge in [-0.3, -0.25) is 0 Å². The van der Waals surface area contributed by atoms with Crippen molar-refractivity contribution >= 4 is 16.8 Å². The van der Waals surface area contributed by atoms with Crippen molar-refractivity contribution in [2.45, 2.75) is 11.8 Å². The maximum absolute atomic E-state index is 7.10. The van der Waals surface area contributed by atoms with E-state index in [1.165, 1.54) is 44.2 Å². The summed E-state index contributed by atoms with van der Waals surface area (Å²) in [6.45, 7) is 0. The summed E-state index contributed by atoms with van der Waals surface area (Å²) in [5.74, 6) is 2.42. The first-order valence-electron chi connectivity index (χ1n) is 19.6. The van der Waals surface area contributed by atoms with Gasteiger partial charge in [0.2, 0.25) is 0 Å². The van der Waals surface area contributed by atoms with E-state index in [0.29, 0.717) is 5.82 Å². The van der Waals surface area contributed by atoms with Crippen molar-refractivity contribution in [3.63, 3.8) is 0 Å². The Morgan fingerprint density at radius 3 is 1.89 bits per heavy atom. The van der Waals surface area contributed by atoms with E-state index in [4.69, 9.17) is 14.7 Å². The normalized spacial score (nSPS) is 13.8. The fourth-order valence-corrected chi connectivity index (χ4v) is 9.78. The van der Waals surface area contributed by atoms with Crippen LogP contribution in [0.3, 0.4) is 0 Å². The van der Waals surface area contributed by atoms with Crippen LogP contribution in [0.1, 0.15) is 33.4 Å². The predicted molar refractivity (Wildman–Crippen MR) is 231 cm³/mol. The van der Waals surface area contributed by atoms with Gasteiger partial charge in [-0.1, -0.05) is 170 Å². The molecule has 0 N–H and O–H groups in total. The molecule has 9 aromatic rings. The van der Waals surface area contributed by atoms with E-state index in [9.17, 15) is 0 Å². The number of nitrogens with zero attached hydrogens (tertiary/aromatic N) is 2. The molecule has 0 bridgehead atoms. The maximum Gasteiger partial charge on any atom is 0.160 e. The number of hydrogen-bond donors (Lipinski definition) is 0. The van der Waals surface area contributed by atoms with E-state index in [1.54, 1.807) is 0 Å². The van der Waals surface area contributed by atoms with Gasteiger partial charge in [0.1, 0.15) is 11.5 Å². The van der Waals surface area contributed by atoms with Gasteiger partial charge in [0, 0.05) is 33.4 Å². The van der Waals surface area contributed by atoms with Crippen LogP contribution < -0.4 is 4.74 Å². The number of aromatic nitrogens is 2. The van der Waals surface area contributed by atoms with Crippen LogP contribution in [0.2, 0.25) is 0 Å². The Labute approximate surface area is 331 Å². The van der Waals surface area contributed by atoms with Gasteiger partial charge in [-0.2, -0.15) is 0 Å². The summed E-state index contributed by atoms with van der Waals surface area (Å²) < 4.78 is 7.10. The molecule has 0 amide bonds. The second-order valence-corrected chi connectivity index (χ2v) is 15.2. The molecular formula is C54H34N2O. The minimum Gasteiger partial charge on any atom is -0.456 e. The molecule has 12 rings (SSSR count). The molecule has 3 heteroatoms. The SMILES string of the molecule is C1=Cc2cc(-c3cc(-c4ccccc4-c4cccc5c4Oc4ccccc4C54c5ccccc5-c5ccccc54)nc(-c4ccccc4)n3)cc3cccc(c23)C1. The Hall–Kier alpha value is -7.36. The van der Waals surface area contributed by atoms with Crippen LogP contribution in [0.5, 0.6) is 11.5 Å². The van der Waals surface area contributed by atoms with Crippen molar-refractivity contribution < 1.29 is 4.74 Å². The number of benzene rings is 8. The molecule has 1 aromatic heterocycles. The zero-order chi connectivity index (χ0) is 37.5. The second-order valence-electron chi connectivity index (χ2n) is 15.2. The molecule has 3 aliphatic rings. The number of ether oxygens (including phenoxy) is 1. The van der Waals surface area contributed by atoms with Gasteiger partial charge < -0.3 is 4.74 Å². The third-order valence-corrected chi connectivity index (χ3v) is 12.2. The van der Waals surface area contributed by atoms with Crippen molar-refractivity contribution in [1.82, 2.24) is 9.97 Å². The van der Waals surface area contributed by atoms with Gasteiger partial charge >= 0.3 is 0 Å². The Bertz CT molecular complexity index is 3100. The summed E-state index contributed by atoms with van der Waals surface area (Å²) >= 11 is 0. The molecule has 0 saturated heterocycles. The van der Waals surface area contributed by atoms with E-state index in [2.05, 4.69) is 176 Å². The molecule has 0 radical (unpaired) electrons. The summed E-state index contributed by atoms with van der Waals surface area (Å²) in [6, 6.07) is 65.2. The summed E-state index contributed by atoms with van der Waals surface area (Å²) in [5, 5.41) is 2.55. The molecule has 2 heterocycles. The van der Waals surface area contributed by atoms with E-state index >= 15 is 0 Å². The molecule has 0 unspecified atom stereocenters.